The molecular formula is C68H66. The van der Waals surface area contributed by atoms with Gasteiger partial charge < -0.3 is 0 Å². The lowest BCUT2D eigenvalue weighted by atomic mass is 9.76. The van der Waals surface area contributed by atoms with Crippen molar-refractivity contribution in [1.29, 1.82) is 0 Å². The smallest absolute Gasteiger partial charge is 0.000741 e. The molecule has 0 atom stereocenters. The van der Waals surface area contributed by atoms with E-state index in [-0.39, 0.29) is 27.1 Å². The van der Waals surface area contributed by atoms with Gasteiger partial charge in [-0.15, -0.1) is 0 Å². The van der Waals surface area contributed by atoms with Gasteiger partial charge in [-0.3, -0.25) is 0 Å². The highest BCUT2D eigenvalue weighted by Crippen LogP contribution is 2.55. The van der Waals surface area contributed by atoms with Crippen molar-refractivity contribution in [3.8, 4) is 22.3 Å². The van der Waals surface area contributed by atoms with E-state index in [4.69, 9.17) is 0 Å². The van der Waals surface area contributed by atoms with E-state index in [2.05, 4.69) is 231 Å². The van der Waals surface area contributed by atoms with E-state index in [1.165, 1.54) is 147 Å². The van der Waals surface area contributed by atoms with E-state index in [1.54, 1.807) is 0 Å². The fourth-order valence-electron chi connectivity index (χ4n) is 12.0. The zero-order valence-corrected chi connectivity index (χ0v) is 43.1. The standard InChI is InChI=1S/C68H66/c1-64(2,3)43-26-39-23-22-38-24-25-48-51-35-54-55(36-52(51)53-32-42(31-43)56(39)60(38)61(48)53)59(41-29-46(67(10,11)12)34-47(30-41)68(13,14)15)63-50-21-17-19-37-18-16-20-49(57(37)50)62(63)58(54)40-27-44(65(4,5)6)33-45(28-40)66(7,8)9/h16-36H,1-15H3. The molecule has 0 fully saturated rings. The lowest BCUT2D eigenvalue weighted by molar-refractivity contribution is 0.568. The summed E-state index contributed by atoms with van der Waals surface area (Å²) < 4.78 is 0. The second kappa shape index (κ2) is 13.7. The van der Waals surface area contributed by atoms with Crippen LogP contribution in [-0.2, 0) is 27.1 Å². The number of fused-ring (bicyclic) bond motifs is 7. The minimum atomic E-state index is -0.0455. The summed E-state index contributed by atoms with van der Waals surface area (Å²) in [4.78, 5) is 0. The van der Waals surface area contributed by atoms with Gasteiger partial charge in [0.1, 0.15) is 0 Å². The van der Waals surface area contributed by atoms with Crippen molar-refractivity contribution in [3.63, 3.8) is 0 Å². The maximum atomic E-state index is 2.64. The average Bonchev–Trinajstić information content (AvgIpc) is 3.76. The highest BCUT2D eigenvalue weighted by molar-refractivity contribution is 6.44. The molecule has 12 aromatic rings. The van der Waals surface area contributed by atoms with Gasteiger partial charge in [-0.25, -0.2) is 0 Å². The summed E-state index contributed by atoms with van der Waals surface area (Å²) in [7, 11) is 0. The van der Waals surface area contributed by atoms with E-state index in [1.807, 2.05) is 0 Å². The molecule has 0 radical (unpaired) electrons. The fraction of sp³-hybridized carbons (Fsp3) is 0.294. The van der Waals surface area contributed by atoms with Gasteiger partial charge in [0, 0.05) is 0 Å². The fourth-order valence-corrected chi connectivity index (χ4v) is 12.0. The van der Waals surface area contributed by atoms with Gasteiger partial charge in [0.05, 0.1) is 0 Å². The first-order valence-electron chi connectivity index (χ1n) is 25.2. The molecule has 0 spiro atoms. The van der Waals surface area contributed by atoms with Crippen LogP contribution in [0, 0.1) is 0 Å². The molecule has 0 bridgehead atoms. The Hall–Kier alpha value is -6.24. The minimum Gasteiger partial charge on any atom is -0.0610 e. The second-order valence-corrected chi connectivity index (χ2v) is 25.9. The molecule has 0 aliphatic heterocycles. The minimum absolute atomic E-state index is 0.0286. The predicted octanol–water partition coefficient (Wildman–Crippen LogP) is 20.2. The van der Waals surface area contributed by atoms with Crippen LogP contribution >= 0.6 is 0 Å². The van der Waals surface area contributed by atoms with Crippen molar-refractivity contribution < 1.29 is 0 Å². The van der Waals surface area contributed by atoms with Crippen molar-refractivity contribution in [2.24, 2.45) is 0 Å². The van der Waals surface area contributed by atoms with Gasteiger partial charge in [-0.1, -0.05) is 213 Å². The summed E-state index contributed by atoms with van der Waals surface area (Å²) in [6, 6.07) is 51.4. The Morgan fingerprint density at radius 1 is 0.221 bits per heavy atom. The van der Waals surface area contributed by atoms with E-state index in [9.17, 15) is 0 Å². The Bertz CT molecular complexity index is 3990. The highest BCUT2D eigenvalue weighted by atomic mass is 14.3. The molecule has 0 amide bonds. The van der Waals surface area contributed by atoms with Crippen molar-refractivity contribution in [2.45, 2.75) is 131 Å². The van der Waals surface area contributed by atoms with E-state index in [0.717, 1.165) is 0 Å². The molecule has 0 nitrogen and oxygen atoms in total. The van der Waals surface area contributed by atoms with E-state index >= 15 is 0 Å². The van der Waals surface area contributed by atoms with E-state index in [0.29, 0.717) is 0 Å². The molecule has 0 aromatic heterocycles. The Morgan fingerprint density at radius 2 is 0.618 bits per heavy atom. The maximum absolute atomic E-state index is 2.64. The monoisotopic (exact) mass is 883 g/mol. The molecular weight excluding hydrogens is 817 g/mol. The molecule has 68 heavy (non-hydrogen) atoms. The number of hydrogen-bond donors (Lipinski definition) is 0. The topological polar surface area (TPSA) is 0 Å². The predicted molar refractivity (Wildman–Crippen MR) is 302 cm³/mol. The Morgan fingerprint density at radius 3 is 1.09 bits per heavy atom. The van der Waals surface area contributed by atoms with Crippen molar-refractivity contribution in [2.75, 3.05) is 0 Å². The van der Waals surface area contributed by atoms with Crippen LogP contribution in [0.5, 0.6) is 0 Å². The van der Waals surface area contributed by atoms with Crippen molar-refractivity contribution >= 4 is 97.0 Å². The largest absolute Gasteiger partial charge is 0.0610 e. The average molecular weight is 883 g/mol. The zero-order chi connectivity index (χ0) is 47.9. The SMILES string of the molecule is CC(C)(C)c1cc(-c2c3cc4c(cc3c(-c3cc(C(C)(C)C)cc(C(C)(C)C)c3)c3c5cccc6cccc(c23)c65)c2cc3cc(C(C)(C)C)cc5ccc6ccc4c2c6c53)cc(C(C)(C)C)c1. The summed E-state index contributed by atoms with van der Waals surface area (Å²) in [6.45, 7) is 35.5. The molecule has 0 N–H and O–H groups in total. The first kappa shape index (κ1) is 43.1. The Kier molecular flexibility index (Phi) is 8.69. The number of benzene rings is 10. The summed E-state index contributed by atoms with van der Waals surface area (Å²) in [5, 5.41) is 24.3. The Labute approximate surface area is 403 Å². The molecule has 12 aromatic carbocycles. The lowest BCUT2D eigenvalue weighted by Gasteiger charge is -2.28. The third-order valence-electron chi connectivity index (χ3n) is 15.9. The van der Waals surface area contributed by atoms with Crippen LogP contribution in [0.15, 0.2) is 127 Å². The third-order valence-corrected chi connectivity index (χ3v) is 15.9. The summed E-state index contributed by atoms with van der Waals surface area (Å²) in [6.07, 6.45) is 0. The van der Waals surface area contributed by atoms with Gasteiger partial charge in [0.2, 0.25) is 0 Å². The molecule has 338 valence electrons. The normalized spacial score (nSPS) is 13.8. The first-order valence-corrected chi connectivity index (χ1v) is 25.2. The summed E-state index contributed by atoms with van der Waals surface area (Å²) in [5.41, 5.74) is 12.0. The molecule has 0 heterocycles. The quantitative estimate of drug-likeness (QED) is 0.152. The maximum Gasteiger partial charge on any atom is -0.000741 e. The van der Waals surface area contributed by atoms with Gasteiger partial charge in [0.25, 0.3) is 0 Å². The third kappa shape index (κ3) is 6.25. The van der Waals surface area contributed by atoms with Crippen molar-refractivity contribution in [3.05, 3.63) is 155 Å². The van der Waals surface area contributed by atoms with Crippen LogP contribution in [0.1, 0.15) is 132 Å². The molecule has 0 aliphatic rings. The molecule has 12 rings (SSSR count). The van der Waals surface area contributed by atoms with Crippen LogP contribution in [0.4, 0.5) is 0 Å². The van der Waals surface area contributed by atoms with Gasteiger partial charge in [-0.2, -0.15) is 0 Å². The number of hydrogen-bond acceptors (Lipinski definition) is 0. The first-order chi connectivity index (χ1) is 31.9. The lowest BCUT2D eigenvalue weighted by Crippen LogP contribution is -2.16. The molecule has 0 unspecified atom stereocenters. The van der Waals surface area contributed by atoms with Crippen molar-refractivity contribution in [1.82, 2.24) is 0 Å². The molecule has 0 saturated carbocycles. The Balaban J connectivity index is 1.38. The zero-order valence-electron chi connectivity index (χ0n) is 43.1. The van der Waals surface area contributed by atoms with Crippen LogP contribution in [0.25, 0.3) is 119 Å². The second-order valence-electron chi connectivity index (χ2n) is 25.9. The summed E-state index contributed by atoms with van der Waals surface area (Å²) >= 11 is 0. The highest BCUT2D eigenvalue weighted by Gasteiger charge is 2.30. The molecule has 0 heteroatoms. The van der Waals surface area contributed by atoms with Gasteiger partial charge in [0.15, 0.2) is 0 Å². The summed E-state index contributed by atoms with van der Waals surface area (Å²) in [5.74, 6) is 0. The van der Waals surface area contributed by atoms with Crippen LogP contribution in [0.3, 0.4) is 0 Å². The van der Waals surface area contributed by atoms with Crippen LogP contribution in [-0.4, -0.2) is 0 Å². The molecule has 0 aliphatic carbocycles. The van der Waals surface area contributed by atoms with Gasteiger partial charge >= 0.3 is 0 Å². The van der Waals surface area contributed by atoms with Gasteiger partial charge in [-0.05, 0) is 192 Å². The molecule has 0 saturated heterocycles. The number of rotatable bonds is 2. The van der Waals surface area contributed by atoms with E-state index < -0.39 is 0 Å². The van der Waals surface area contributed by atoms with Crippen LogP contribution in [0.2, 0.25) is 0 Å². The van der Waals surface area contributed by atoms with Crippen LogP contribution < -0.4 is 0 Å².